The van der Waals surface area contributed by atoms with E-state index in [1.54, 1.807) is 6.92 Å². The highest BCUT2D eigenvalue weighted by molar-refractivity contribution is 5.67. The number of ether oxygens (including phenoxy) is 2. The third kappa shape index (κ3) is 13.5. The van der Waals surface area contributed by atoms with Crippen LogP contribution in [0.25, 0.3) is 0 Å². The molecule has 178 valence electrons. The van der Waals surface area contributed by atoms with E-state index in [-0.39, 0.29) is 12.5 Å². The lowest BCUT2D eigenvalue weighted by atomic mass is 10.0. The molecule has 1 fully saturated rings. The van der Waals surface area contributed by atoms with Gasteiger partial charge in [0.25, 0.3) is 0 Å². The van der Waals surface area contributed by atoms with Gasteiger partial charge in [0.05, 0.1) is 24.7 Å². The fourth-order valence-corrected chi connectivity index (χ4v) is 3.85. The molecule has 0 spiro atoms. The second kappa shape index (κ2) is 16.9. The first-order chi connectivity index (χ1) is 14.4. The van der Waals surface area contributed by atoms with Crippen LogP contribution in [0.3, 0.4) is 0 Å². The van der Waals surface area contributed by atoms with E-state index < -0.39 is 30.6 Å². The average Bonchev–Trinajstić information content (AvgIpc) is 2.68. The van der Waals surface area contributed by atoms with E-state index in [1.807, 2.05) is 0 Å². The zero-order valence-corrected chi connectivity index (χ0v) is 18.7. The van der Waals surface area contributed by atoms with Crippen molar-refractivity contribution in [2.45, 2.75) is 134 Å². The molecule has 0 radical (unpaired) electrons. The Hall–Kier alpha value is -0.730. The topological polar surface area (TPSA) is 116 Å². The van der Waals surface area contributed by atoms with Gasteiger partial charge < -0.3 is 29.9 Å². The van der Waals surface area contributed by atoms with E-state index in [0.29, 0.717) is 19.4 Å². The van der Waals surface area contributed by atoms with Crippen LogP contribution in [0, 0.1) is 0 Å². The smallest absolute Gasteiger partial charge is 0.305 e. The first kappa shape index (κ1) is 27.3. The van der Waals surface area contributed by atoms with Gasteiger partial charge in [-0.3, -0.25) is 4.79 Å². The van der Waals surface area contributed by atoms with Gasteiger partial charge >= 0.3 is 5.97 Å². The molecule has 1 aliphatic heterocycles. The van der Waals surface area contributed by atoms with Crippen molar-refractivity contribution in [3.63, 3.8) is 0 Å². The molecule has 0 unspecified atom stereocenters. The Balaban J connectivity index is 1.79. The minimum absolute atomic E-state index is 0.143. The van der Waals surface area contributed by atoms with Gasteiger partial charge in [-0.05, 0) is 19.8 Å². The van der Waals surface area contributed by atoms with E-state index in [0.717, 1.165) is 32.1 Å². The van der Waals surface area contributed by atoms with Crippen molar-refractivity contribution in [3.05, 3.63) is 0 Å². The van der Waals surface area contributed by atoms with Crippen molar-refractivity contribution in [2.75, 3.05) is 6.61 Å². The zero-order valence-electron chi connectivity index (χ0n) is 18.7. The van der Waals surface area contributed by atoms with Gasteiger partial charge in [0, 0.05) is 13.0 Å². The van der Waals surface area contributed by atoms with E-state index in [9.17, 15) is 20.1 Å². The van der Waals surface area contributed by atoms with E-state index in [1.165, 1.54) is 44.9 Å². The van der Waals surface area contributed by atoms with E-state index >= 15 is 0 Å². The third-order valence-electron chi connectivity index (χ3n) is 5.81. The number of hydrogen-bond acceptors (Lipinski definition) is 6. The summed E-state index contributed by atoms with van der Waals surface area (Å²) in [5.74, 6) is -0.930. The first-order valence-corrected chi connectivity index (χ1v) is 11.9. The Kier molecular flexibility index (Phi) is 15.4. The molecule has 30 heavy (non-hydrogen) atoms. The maximum Gasteiger partial charge on any atom is 0.305 e. The summed E-state index contributed by atoms with van der Waals surface area (Å²) in [4.78, 5) is 10.5. The lowest BCUT2D eigenvalue weighted by molar-refractivity contribution is -0.261. The molecule has 1 aliphatic rings. The number of carbonyl (C=O) groups is 1. The Morgan fingerprint density at radius 1 is 0.900 bits per heavy atom. The maximum atomic E-state index is 10.5. The molecule has 7 heteroatoms. The number of carboxylic acids is 1. The molecular weight excluding hydrogens is 388 g/mol. The van der Waals surface area contributed by atoms with Crippen molar-refractivity contribution in [1.29, 1.82) is 0 Å². The van der Waals surface area contributed by atoms with E-state index in [2.05, 4.69) is 0 Å². The zero-order chi connectivity index (χ0) is 22.2. The first-order valence-electron chi connectivity index (χ1n) is 11.9. The maximum absolute atomic E-state index is 10.5. The molecular formula is C23H44O7. The number of rotatable bonds is 18. The summed E-state index contributed by atoms with van der Waals surface area (Å²) in [5, 5.41) is 37.6. The Morgan fingerprint density at radius 3 is 1.93 bits per heavy atom. The SMILES string of the molecule is C[C@@H]1O[C@@H](OCCCCCCCCCCCCCC[C@@H](O)CC(=O)O)[C@H](O)C[C@H]1O. The fraction of sp³-hybridized carbons (Fsp3) is 0.957. The molecule has 1 rings (SSSR count). The second-order valence-electron chi connectivity index (χ2n) is 8.73. The number of unbranched alkanes of at least 4 members (excludes halogenated alkanes) is 11. The summed E-state index contributed by atoms with van der Waals surface area (Å²) in [6.07, 6.45) is 11.7. The van der Waals surface area contributed by atoms with E-state index in [4.69, 9.17) is 14.6 Å². The van der Waals surface area contributed by atoms with Crippen LogP contribution in [-0.2, 0) is 14.3 Å². The summed E-state index contributed by atoms with van der Waals surface area (Å²) in [7, 11) is 0. The van der Waals surface area contributed by atoms with Crippen LogP contribution in [0.4, 0.5) is 0 Å². The Morgan fingerprint density at radius 2 is 1.40 bits per heavy atom. The van der Waals surface area contributed by atoms with Crippen LogP contribution in [0.2, 0.25) is 0 Å². The van der Waals surface area contributed by atoms with Crippen LogP contribution in [-0.4, -0.2) is 63.7 Å². The highest BCUT2D eigenvalue weighted by atomic mass is 16.7. The van der Waals surface area contributed by atoms with Crippen molar-refractivity contribution in [1.82, 2.24) is 0 Å². The predicted molar refractivity (Wildman–Crippen MR) is 115 cm³/mol. The van der Waals surface area contributed by atoms with Gasteiger partial charge in [0.15, 0.2) is 6.29 Å². The standard InChI is InChI=1S/C23H44O7/c1-18-20(25)17-21(26)23(30-18)29-15-13-11-9-7-5-3-2-4-6-8-10-12-14-19(24)16-22(27)28/h18-21,23-26H,2-17H2,1H3,(H,27,28)/t18-,19+,20+,21+,23+/m0/s1. The normalized spacial score (nSPS) is 25.3. The monoisotopic (exact) mass is 432 g/mol. The van der Waals surface area contributed by atoms with Crippen LogP contribution in [0.15, 0.2) is 0 Å². The summed E-state index contributed by atoms with van der Waals surface area (Å²) >= 11 is 0. The molecule has 0 aromatic carbocycles. The lowest BCUT2D eigenvalue weighted by Crippen LogP contribution is -2.47. The van der Waals surface area contributed by atoms with Crippen LogP contribution in [0.5, 0.6) is 0 Å². The number of hydrogen-bond donors (Lipinski definition) is 4. The van der Waals surface area contributed by atoms with Crippen LogP contribution in [0.1, 0.15) is 103 Å². The van der Waals surface area contributed by atoms with Crippen molar-refractivity contribution < 1.29 is 34.7 Å². The summed E-state index contributed by atoms with van der Waals surface area (Å²) in [5.41, 5.74) is 0. The molecule has 0 saturated carbocycles. The third-order valence-corrected chi connectivity index (χ3v) is 5.81. The molecule has 0 aromatic heterocycles. The number of carboxylic acid groups (broad SMARTS) is 1. The number of aliphatic carboxylic acids is 1. The average molecular weight is 433 g/mol. The minimum Gasteiger partial charge on any atom is -0.481 e. The molecule has 7 nitrogen and oxygen atoms in total. The molecule has 5 atom stereocenters. The predicted octanol–water partition coefficient (Wildman–Crippen LogP) is 3.77. The highest BCUT2D eigenvalue weighted by Crippen LogP contribution is 2.21. The largest absolute Gasteiger partial charge is 0.481 e. The number of aliphatic hydroxyl groups excluding tert-OH is 3. The highest BCUT2D eigenvalue weighted by Gasteiger charge is 2.34. The van der Waals surface area contributed by atoms with Crippen LogP contribution >= 0.6 is 0 Å². The molecule has 4 N–H and O–H groups in total. The van der Waals surface area contributed by atoms with Crippen molar-refractivity contribution >= 4 is 5.97 Å². The summed E-state index contributed by atoms with van der Waals surface area (Å²) in [6.45, 7) is 2.38. The Bertz CT molecular complexity index is 432. The van der Waals surface area contributed by atoms with Gasteiger partial charge in [0.1, 0.15) is 6.10 Å². The van der Waals surface area contributed by atoms with Gasteiger partial charge in [0.2, 0.25) is 0 Å². The summed E-state index contributed by atoms with van der Waals surface area (Å²) in [6, 6.07) is 0. The number of aliphatic hydroxyl groups is 3. The van der Waals surface area contributed by atoms with Crippen molar-refractivity contribution in [3.8, 4) is 0 Å². The molecule has 0 bridgehead atoms. The second-order valence-corrected chi connectivity index (χ2v) is 8.73. The molecule has 1 heterocycles. The molecule has 0 aromatic rings. The fourth-order valence-electron chi connectivity index (χ4n) is 3.85. The molecule has 0 amide bonds. The Labute approximate surface area is 181 Å². The van der Waals surface area contributed by atoms with Gasteiger partial charge in [-0.15, -0.1) is 0 Å². The molecule has 0 aliphatic carbocycles. The van der Waals surface area contributed by atoms with Crippen molar-refractivity contribution in [2.24, 2.45) is 0 Å². The molecule has 1 saturated heterocycles. The quantitative estimate of drug-likeness (QED) is 0.244. The lowest BCUT2D eigenvalue weighted by Gasteiger charge is -2.35. The minimum atomic E-state index is -0.930. The van der Waals surface area contributed by atoms with Gasteiger partial charge in [-0.25, -0.2) is 0 Å². The van der Waals surface area contributed by atoms with Gasteiger partial charge in [-0.2, -0.15) is 0 Å². The summed E-state index contributed by atoms with van der Waals surface area (Å²) < 4.78 is 11.1. The van der Waals surface area contributed by atoms with Crippen LogP contribution < -0.4 is 0 Å². The van der Waals surface area contributed by atoms with Gasteiger partial charge in [-0.1, -0.05) is 70.6 Å².